The second-order valence-electron chi connectivity index (χ2n) is 9.05. The van der Waals surface area contributed by atoms with Crippen LogP contribution in [0, 0.1) is 36.5 Å². The Morgan fingerprint density at radius 3 is 2.37 bits per heavy atom. The number of nitrogens with one attached hydrogen (secondary N) is 1. The minimum absolute atomic E-state index is 0.156. The van der Waals surface area contributed by atoms with Gasteiger partial charge in [-0.15, -0.1) is 0 Å². The van der Waals surface area contributed by atoms with Gasteiger partial charge in [-0.05, 0) is 62.0 Å². The van der Waals surface area contributed by atoms with Crippen molar-refractivity contribution in [3.63, 3.8) is 0 Å². The van der Waals surface area contributed by atoms with Gasteiger partial charge in [-0.1, -0.05) is 30.5 Å². The summed E-state index contributed by atoms with van der Waals surface area (Å²) in [6.07, 6.45) is 5.87. The Morgan fingerprint density at radius 1 is 1.04 bits per heavy atom. The van der Waals surface area contributed by atoms with Gasteiger partial charge >= 0.3 is 0 Å². The quantitative estimate of drug-likeness (QED) is 0.862. The highest BCUT2D eigenvalue weighted by Crippen LogP contribution is 2.55. The number of carbonyl (C=O) groups is 1. The first kappa shape index (κ1) is 17.7. The Morgan fingerprint density at radius 2 is 1.70 bits per heavy atom. The number of amides is 1. The number of rotatable bonds is 4. The predicted molar refractivity (Wildman–Crippen MR) is 102 cm³/mol. The van der Waals surface area contributed by atoms with Crippen LogP contribution in [0.15, 0.2) is 29.2 Å². The molecule has 0 radical (unpaired) electrons. The van der Waals surface area contributed by atoms with Gasteiger partial charge in [0.1, 0.15) is 0 Å². The Hall–Kier alpha value is -1.40. The first-order valence-electron chi connectivity index (χ1n) is 10.3. The van der Waals surface area contributed by atoms with Gasteiger partial charge in [-0.3, -0.25) is 4.79 Å². The van der Waals surface area contributed by atoms with E-state index in [9.17, 15) is 13.2 Å². The third-order valence-electron chi connectivity index (χ3n) is 7.48. The molecule has 1 saturated heterocycles. The summed E-state index contributed by atoms with van der Waals surface area (Å²) in [6.45, 7) is 3.07. The lowest BCUT2D eigenvalue weighted by atomic mass is 9.71. The van der Waals surface area contributed by atoms with Crippen LogP contribution in [-0.2, 0) is 14.8 Å². The van der Waals surface area contributed by atoms with Crippen molar-refractivity contribution in [3.05, 3.63) is 29.8 Å². The summed E-state index contributed by atoms with van der Waals surface area (Å²) in [7, 11) is -3.43. The van der Waals surface area contributed by atoms with Gasteiger partial charge in [0.05, 0.1) is 4.90 Å². The summed E-state index contributed by atoms with van der Waals surface area (Å²) >= 11 is 0. The topological polar surface area (TPSA) is 66.5 Å². The van der Waals surface area contributed by atoms with E-state index in [0.29, 0.717) is 35.7 Å². The number of hydrogen-bond donors (Lipinski definition) is 1. The number of hydrogen-bond acceptors (Lipinski definition) is 3. The zero-order valence-corrected chi connectivity index (χ0v) is 16.6. The van der Waals surface area contributed by atoms with Gasteiger partial charge < -0.3 is 5.32 Å². The molecule has 4 fully saturated rings. The molecule has 3 saturated carbocycles. The number of benzene rings is 1. The maximum Gasteiger partial charge on any atom is 0.243 e. The van der Waals surface area contributed by atoms with E-state index in [0.717, 1.165) is 12.0 Å². The van der Waals surface area contributed by atoms with Crippen molar-refractivity contribution in [3.8, 4) is 0 Å². The molecule has 5 atom stereocenters. The summed E-state index contributed by atoms with van der Waals surface area (Å²) < 4.78 is 27.5. The monoisotopic (exact) mass is 388 g/mol. The molecule has 4 aliphatic rings. The van der Waals surface area contributed by atoms with E-state index >= 15 is 0 Å². The zero-order valence-electron chi connectivity index (χ0n) is 15.8. The van der Waals surface area contributed by atoms with E-state index in [1.165, 1.54) is 25.7 Å². The van der Waals surface area contributed by atoms with Crippen LogP contribution in [0.5, 0.6) is 0 Å². The minimum Gasteiger partial charge on any atom is -0.353 e. The second kappa shape index (κ2) is 6.31. The summed E-state index contributed by atoms with van der Waals surface area (Å²) in [5.74, 6) is 2.37. The van der Waals surface area contributed by atoms with Gasteiger partial charge in [0, 0.05) is 25.0 Å². The molecule has 27 heavy (non-hydrogen) atoms. The molecule has 0 aromatic heterocycles. The molecular weight excluding hydrogens is 360 g/mol. The molecular formula is C21H28N2O3S. The molecule has 6 heteroatoms. The fraction of sp³-hybridized carbons (Fsp3) is 0.667. The maximum atomic E-state index is 12.9. The molecule has 1 heterocycles. The number of fused-ring (bicyclic) bond motifs is 2. The van der Waals surface area contributed by atoms with Crippen LogP contribution in [-0.4, -0.2) is 37.8 Å². The third-order valence-corrected chi connectivity index (χ3v) is 9.32. The molecule has 1 aliphatic heterocycles. The molecule has 1 aromatic carbocycles. The second-order valence-corrected chi connectivity index (χ2v) is 11.0. The van der Waals surface area contributed by atoms with Crippen LogP contribution in [0.4, 0.5) is 0 Å². The van der Waals surface area contributed by atoms with E-state index in [1.54, 1.807) is 16.4 Å². The van der Waals surface area contributed by atoms with Crippen molar-refractivity contribution in [2.24, 2.45) is 29.6 Å². The highest BCUT2D eigenvalue weighted by molar-refractivity contribution is 7.89. The average molecular weight is 389 g/mol. The first-order valence-corrected chi connectivity index (χ1v) is 11.8. The Bertz CT molecular complexity index is 839. The molecule has 1 amide bonds. The fourth-order valence-corrected chi connectivity index (χ4v) is 7.28. The van der Waals surface area contributed by atoms with Crippen molar-refractivity contribution >= 4 is 15.9 Å². The average Bonchev–Trinajstić information content (AvgIpc) is 3.27. The van der Waals surface area contributed by atoms with Gasteiger partial charge in [0.25, 0.3) is 0 Å². The van der Waals surface area contributed by atoms with Crippen molar-refractivity contribution in [1.82, 2.24) is 9.62 Å². The normalized spacial score (nSPS) is 37.8. The van der Waals surface area contributed by atoms with Gasteiger partial charge in [0.15, 0.2) is 0 Å². The highest BCUT2D eigenvalue weighted by Gasteiger charge is 2.57. The van der Waals surface area contributed by atoms with Crippen molar-refractivity contribution in [2.75, 3.05) is 13.1 Å². The van der Waals surface area contributed by atoms with Gasteiger partial charge in [0.2, 0.25) is 15.9 Å². The Labute approximate surface area is 161 Å². The maximum absolute atomic E-state index is 12.9. The predicted octanol–water partition coefficient (Wildman–Crippen LogP) is 2.56. The van der Waals surface area contributed by atoms with Crippen LogP contribution >= 0.6 is 0 Å². The van der Waals surface area contributed by atoms with Gasteiger partial charge in [-0.25, -0.2) is 8.42 Å². The Balaban J connectivity index is 1.21. The summed E-state index contributed by atoms with van der Waals surface area (Å²) in [5, 5.41) is 3.26. The Kier molecular flexibility index (Phi) is 4.13. The highest BCUT2D eigenvalue weighted by atomic mass is 32.2. The standard InChI is InChI=1S/C21H28N2O3S/c1-13-6-8-15(9-7-13)27(25,26)23-11-14-10-19(18(14)12-23)22-21(24)20-16-4-2-3-5-17(16)20/h6-9,14,16-20H,2-5,10-12H2,1H3,(H,22,24)/t14-,16?,17?,18+,19+,20?/m1/s1. The van der Waals surface area contributed by atoms with Crippen LogP contribution in [0.2, 0.25) is 0 Å². The molecule has 1 aromatic rings. The lowest BCUT2D eigenvalue weighted by Crippen LogP contribution is -2.52. The summed E-state index contributed by atoms with van der Waals surface area (Å²) in [5.41, 5.74) is 1.05. The molecule has 2 unspecified atom stereocenters. The summed E-state index contributed by atoms with van der Waals surface area (Å²) in [4.78, 5) is 13.0. The molecule has 0 spiro atoms. The minimum atomic E-state index is -3.43. The lowest BCUT2D eigenvalue weighted by molar-refractivity contribution is -0.125. The van der Waals surface area contributed by atoms with Crippen molar-refractivity contribution in [1.29, 1.82) is 0 Å². The molecule has 0 bridgehead atoms. The summed E-state index contributed by atoms with van der Waals surface area (Å²) in [6, 6.07) is 7.23. The van der Waals surface area contributed by atoms with E-state index in [4.69, 9.17) is 0 Å². The molecule has 5 rings (SSSR count). The smallest absolute Gasteiger partial charge is 0.243 e. The first-order chi connectivity index (χ1) is 12.9. The van der Waals surface area contributed by atoms with E-state index in [2.05, 4.69) is 5.32 Å². The van der Waals surface area contributed by atoms with E-state index in [-0.39, 0.29) is 23.8 Å². The van der Waals surface area contributed by atoms with Crippen LogP contribution in [0.1, 0.15) is 37.7 Å². The van der Waals surface area contributed by atoms with Crippen molar-refractivity contribution in [2.45, 2.75) is 50.0 Å². The number of carbonyl (C=O) groups excluding carboxylic acids is 1. The number of nitrogens with zero attached hydrogens (tertiary/aromatic N) is 1. The molecule has 5 nitrogen and oxygen atoms in total. The molecule has 146 valence electrons. The molecule has 3 aliphatic carbocycles. The van der Waals surface area contributed by atoms with Crippen LogP contribution < -0.4 is 5.32 Å². The lowest BCUT2D eigenvalue weighted by Gasteiger charge is -2.39. The molecule has 1 N–H and O–H groups in total. The number of aryl methyl sites for hydroxylation is 1. The van der Waals surface area contributed by atoms with Crippen molar-refractivity contribution < 1.29 is 13.2 Å². The SMILES string of the molecule is Cc1ccc(S(=O)(=O)N2C[C@H]3C[C@H](NC(=O)C4C5CCCCC54)[C@H]3C2)cc1. The zero-order chi connectivity index (χ0) is 18.8. The van der Waals surface area contributed by atoms with Gasteiger partial charge in [-0.2, -0.15) is 4.31 Å². The third kappa shape index (κ3) is 2.92. The van der Waals surface area contributed by atoms with E-state index < -0.39 is 10.0 Å². The van der Waals surface area contributed by atoms with Crippen LogP contribution in [0.25, 0.3) is 0 Å². The largest absolute Gasteiger partial charge is 0.353 e. The fourth-order valence-electron chi connectivity index (χ4n) is 5.75. The number of sulfonamides is 1. The van der Waals surface area contributed by atoms with Crippen LogP contribution in [0.3, 0.4) is 0 Å². The van der Waals surface area contributed by atoms with E-state index in [1.807, 2.05) is 19.1 Å².